The first-order valence-electron chi connectivity index (χ1n) is 24.9. The molecule has 73 heavy (non-hydrogen) atoms. The van der Waals surface area contributed by atoms with Crippen LogP contribution in [0.4, 0.5) is 34.1 Å². The van der Waals surface area contributed by atoms with Crippen LogP contribution in [-0.4, -0.2) is 15.1 Å². The van der Waals surface area contributed by atoms with Crippen molar-refractivity contribution in [3.63, 3.8) is 0 Å². The first-order chi connectivity index (χ1) is 36.1. The summed E-state index contributed by atoms with van der Waals surface area (Å²) in [6.07, 6.45) is 0. The summed E-state index contributed by atoms with van der Waals surface area (Å²) in [4.78, 5) is 14.9. The zero-order valence-corrected chi connectivity index (χ0v) is 39.7. The monoisotopic (exact) mass is 934 g/mol. The van der Waals surface area contributed by atoms with Crippen LogP contribution in [0.3, 0.4) is 0 Å². The molecule has 5 heteroatoms. The Morgan fingerprint density at radius 3 is 1.34 bits per heavy atom. The van der Waals surface area contributed by atoms with E-state index in [0.717, 1.165) is 72.8 Å². The van der Waals surface area contributed by atoms with E-state index in [9.17, 15) is 5.11 Å². The molecule has 1 spiro atoms. The number of hydrogen-bond donors (Lipinski definition) is 1. The smallest absolute Gasteiger partial charge is 0.145 e. The van der Waals surface area contributed by atoms with Gasteiger partial charge < -0.3 is 14.9 Å². The summed E-state index contributed by atoms with van der Waals surface area (Å²) in [6, 6.07) is 95.2. The van der Waals surface area contributed by atoms with Gasteiger partial charge in [0.15, 0.2) is 0 Å². The molecule has 15 rings (SSSR count). The van der Waals surface area contributed by atoms with Gasteiger partial charge in [0.25, 0.3) is 0 Å². The molecular formula is C68H46N4O. The molecule has 2 aliphatic carbocycles. The van der Waals surface area contributed by atoms with Crippen LogP contribution in [0.2, 0.25) is 0 Å². The van der Waals surface area contributed by atoms with Crippen molar-refractivity contribution in [1.29, 1.82) is 0 Å². The van der Waals surface area contributed by atoms with E-state index in [2.05, 4.69) is 192 Å². The molecule has 0 fully saturated rings. The summed E-state index contributed by atoms with van der Waals surface area (Å²) in [5.74, 6) is 0. The van der Waals surface area contributed by atoms with Crippen molar-refractivity contribution < 1.29 is 5.11 Å². The number of hydrogen-bond acceptors (Lipinski definition) is 5. The third kappa shape index (κ3) is 6.39. The molecule has 1 aliphatic heterocycles. The Bertz CT molecular complexity index is 4000. The maximum absolute atomic E-state index is 12.9. The molecule has 0 saturated heterocycles. The van der Waals surface area contributed by atoms with Gasteiger partial charge >= 0.3 is 0 Å². The van der Waals surface area contributed by atoms with Gasteiger partial charge in [-0.1, -0.05) is 194 Å². The molecule has 0 radical (unpaired) electrons. The highest BCUT2D eigenvalue weighted by molar-refractivity contribution is 5.98. The van der Waals surface area contributed by atoms with Crippen LogP contribution >= 0.6 is 0 Å². The molecular weight excluding hydrogens is 889 g/mol. The Morgan fingerprint density at radius 1 is 0.342 bits per heavy atom. The van der Waals surface area contributed by atoms with Gasteiger partial charge in [-0.15, -0.1) is 0 Å². The standard InChI is InChI=1S/C34H24N2O.C34H22N2/c37-34(28-19-9-8-18-27(28)33-30(34)23-24-13-7-11-21-31(24)35-33)29-20-10-12-22-32(29)36(25-14-3-1-4-15-25)26-16-5-2-6-17-26;1-2-13-24(14-3-1)36-31-20-10-7-17-27(31)34(28-18-8-11-21-32(28)36)26-16-6-5-15-25(26)33-29(34)22-23-12-4-9-19-30(23)35-33/h1-23,37H;1-22H. The lowest BCUT2D eigenvalue weighted by molar-refractivity contribution is 0.131. The normalized spacial score (nSPS) is 15.1. The van der Waals surface area contributed by atoms with E-state index in [-0.39, 0.29) is 0 Å². The van der Waals surface area contributed by atoms with Crippen molar-refractivity contribution in [2.45, 2.75) is 11.0 Å². The first kappa shape index (κ1) is 42.5. The first-order valence-corrected chi connectivity index (χ1v) is 24.9. The number of aliphatic hydroxyl groups is 1. The van der Waals surface area contributed by atoms with Gasteiger partial charge in [0.05, 0.1) is 44.9 Å². The highest BCUT2D eigenvalue weighted by Crippen LogP contribution is 2.63. The van der Waals surface area contributed by atoms with Crippen LogP contribution in [0.1, 0.15) is 38.9 Å². The van der Waals surface area contributed by atoms with Gasteiger partial charge in [0, 0.05) is 55.7 Å². The molecule has 3 aliphatic rings. The van der Waals surface area contributed by atoms with Crippen molar-refractivity contribution in [2.75, 3.05) is 9.80 Å². The summed E-state index contributed by atoms with van der Waals surface area (Å²) in [7, 11) is 0. The maximum Gasteiger partial charge on any atom is 0.145 e. The second-order valence-electron chi connectivity index (χ2n) is 18.9. The van der Waals surface area contributed by atoms with E-state index < -0.39 is 11.0 Å². The Morgan fingerprint density at radius 2 is 0.753 bits per heavy atom. The average molecular weight is 935 g/mol. The van der Waals surface area contributed by atoms with Crippen molar-refractivity contribution >= 4 is 55.9 Å². The fourth-order valence-electron chi connectivity index (χ4n) is 12.0. The number of anilines is 6. The Balaban J connectivity index is 0.000000135. The molecule has 5 nitrogen and oxygen atoms in total. The number of aromatic nitrogens is 2. The highest BCUT2D eigenvalue weighted by Gasteiger charge is 2.52. The minimum absolute atomic E-state index is 0.443. The van der Waals surface area contributed by atoms with Gasteiger partial charge in [0.1, 0.15) is 5.60 Å². The zero-order valence-electron chi connectivity index (χ0n) is 39.7. The van der Waals surface area contributed by atoms with Crippen LogP contribution in [0.15, 0.2) is 273 Å². The Labute approximate surface area is 424 Å². The number of nitrogens with zero attached hydrogens (tertiary/aromatic N) is 4. The van der Waals surface area contributed by atoms with Crippen LogP contribution in [-0.2, 0) is 11.0 Å². The van der Waals surface area contributed by atoms with E-state index >= 15 is 0 Å². The number of para-hydroxylation sites is 8. The fraction of sp³-hybridized carbons (Fsp3) is 0.0294. The Kier molecular flexibility index (Phi) is 9.82. The molecule has 10 aromatic carbocycles. The lowest BCUT2D eigenvalue weighted by Gasteiger charge is -2.44. The van der Waals surface area contributed by atoms with Crippen LogP contribution in [0.25, 0.3) is 44.3 Å². The van der Waals surface area contributed by atoms with Crippen LogP contribution < -0.4 is 9.80 Å². The van der Waals surface area contributed by atoms with Gasteiger partial charge in [-0.05, 0) is 101 Å². The quantitative estimate of drug-likeness (QED) is 0.186. The molecule has 0 amide bonds. The molecule has 0 bridgehead atoms. The lowest BCUT2D eigenvalue weighted by Crippen LogP contribution is -2.36. The van der Waals surface area contributed by atoms with Crippen molar-refractivity contribution in [3.05, 3.63) is 312 Å². The topological polar surface area (TPSA) is 52.5 Å². The van der Waals surface area contributed by atoms with E-state index in [0.29, 0.717) is 0 Å². The molecule has 1 atom stereocenters. The molecule has 0 saturated carbocycles. The second-order valence-corrected chi connectivity index (χ2v) is 18.9. The second kappa shape index (κ2) is 16.9. The number of pyridine rings is 2. The summed E-state index contributed by atoms with van der Waals surface area (Å²) in [6.45, 7) is 0. The summed E-state index contributed by atoms with van der Waals surface area (Å²) in [5, 5.41) is 15.1. The van der Waals surface area contributed by atoms with E-state index in [1.165, 1.54) is 44.6 Å². The molecule has 1 unspecified atom stereocenters. The third-order valence-corrected chi connectivity index (χ3v) is 15.1. The summed E-state index contributed by atoms with van der Waals surface area (Å²) in [5.41, 5.74) is 18.4. The van der Waals surface area contributed by atoms with E-state index in [4.69, 9.17) is 9.97 Å². The van der Waals surface area contributed by atoms with Gasteiger partial charge in [-0.2, -0.15) is 0 Å². The van der Waals surface area contributed by atoms with Crippen molar-refractivity contribution in [2.24, 2.45) is 0 Å². The minimum atomic E-state index is -1.37. The molecule has 2 aromatic heterocycles. The molecule has 344 valence electrons. The highest BCUT2D eigenvalue weighted by atomic mass is 16.3. The molecule has 12 aromatic rings. The maximum atomic E-state index is 12.9. The van der Waals surface area contributed by atoms with Gasteiger partial charge in [-0.25, -0.2) is 9.97 Å². The van der Waals surface area contributed by atoms with Gasteiger partial charge in [-0.3, -0.25) is 0 Å². The lowest BCUT2D eigenvalue weighted by atomic mass is 9.64. The SMILES string of the molecule is OC1(c2ccccc2N(c2ccccc2)c2ccccc2)c2ccccc2-c2nc3ccccc3cc21.c1ccc(N2c3ccccc3C3(c4ccccc4-c4nc5ccccc5cc43)c3ccccc32)cc1. The summed E-state index contributed by atoms with van der Waals surface area (Å²) >= 11 is 0. The predicted molar refractivity (Wildman–Crippen MR) is 298 cm³/mol. The molecule has 1 N–H and O–H groups in total. The minimum Gasteiger partial charge on any atom is -0.376 e. The molecule has 3 heterocycles. The number of rotatable bonds is 5. The van der Waals surface area contributed by atoms with Crippen LogP contribution in [0, 0.1) is 0 Å². The van der Waals surface area contributed by atoms with Gasteiger partial charge in [0.2, 0.25) is 0 Å². The largest absolute Gasteiger partial charge is 0.376 e. The Hall–Kier alpha value is -9.42. The number of fused-ring (bicyclic) bond motifs is 14. The van der Waals surface area contributed by atoms with Crippen LogP contribution in [0.5, 0.6) is 0 Å². The van der Waals surface area contributed by atoms with Crippen molar-refractivity contribution in [1.82, 2.24) is 9.97 Å². The third-order valence-electron chi connectivity index (χ3n) is 15.1. The average Bonchev–Trinajstić information content (AvgIpc) is 3.92. The van der Waals surface area contributed by atoms with E-state index in [1.54, 1.807) is 0 Å². The number of benzene rings is 10. The zero-order chi connectivity index (χ0) is 48.5. The summed E-state index contributed by atoms with van der Waals surface area (Å²) < 4.78 is 0. The fourth-order valence-corrected chi connectivity index (χ4v) is 12.0. The van der Waals surface area contributed by atoms with Crippen molar-refractivity contribution in [3.8, 4) is 22.5 Å². The predicted octanol–water partition coefficient (Wildman–Crippen LogP) is 16.4. The van der Waals surface area contributed by atoms with E-state index in [1.807, 2.05) is 91.0 Å².